The summed E-state index contributed by atoms with van der Waals surface area (Å²) < 4.78 is 0. The van der Waals surface area contributed by atoms with E-state index in [0.29, 0.717) is 5.04 Å². The van der Waals surface area contributed by atoms with Gasteiger partial charge in [-0.25, -0.2) is 0 Å². The van der Waals surface area contributed by atoms with Gasteiger partial charge in [0.15, 0.2) is 0 Å². The van der Waals surface area contributed by atoms with E-state index in [-0.39, 0.29) is 0 Å². The van der Waals surface area contributed by atoms with Crippen LogP contribution >= 0.6 is 33.2 Å². The molecule has 1 aromatic carbocycles. The number of nitrogens with one attached hydrogen (secondary N) is 1. The Morgan fingerprint density at radius 3 is 2.64 bits per heavy atom. The van der Waals surface area contributed by atoms with Crippen LogP contribution in [0.3, 0.4) is 0 Å². The van der Waals surface area contributed by atoms with Crippen molar-refractivity contribution in [2.24, 2.45) is 0 Å². The lowest BCUT2D eigenvalue weighted by Crippen LogP contribution is -1.80. The zero-order valence-electron chi connectivity index (χ0n) is 7.50. The van der Waals surface area contributed by atoms with Gasteiger partial charge in [-0.1, -0.05) is 41.1 Å². The van der Waals surface area contributed by atoms with Gasteiger partial charge < -0.3 is 0 Å². The largest absolute Gasteiger partial charge is 0.293 e. The molecule has 0 aliphatic carbocycles. The first-order valence-electron chi connectivity index (χ1n) is 3.97. The fourth-order valence-electron chi connectivity index (χ4n) is 0.776. The second-order valence-corrected chi connectivity index (χ2v) is 5.31. The van der Waals surface area contributed by atoms with Crippen LogP contribution in [0.1, 0.15) is 5.56 Å². The van der Waals surface area contributed by atoms with Crippen LogP contribution in [0.25, 0.3) is 0 Å². The van der Waals surface area contributed by atoms with Gasteiger partial charge in [-0.05, 0) is 34.6 Å². The van der Waals surface area contributed by atoms with Crippen LogP contribution in [0.4, 0.5) is 0 Å². The van der Waals surface area contributed by atoms with Crippen molar-refractivity contribution in [3.05, 3.63) is 47.5 Å². The molecule has 0 saturated heterocycles. The Balaban J connectivity index is 2.35. The second-order valence-electron chi connectivity index (χ2n) is 2.54. The molecule has 4 heteroatoms. The van der Waals surface area contributed by atoms with Gasteiger partial charge in [-0.2, -0.15) is 0 Å². The SMILES string of the molecule is C=CC(=N)SSCc1ccc(Cl)cc1. The zero-order chi connectivity index (χ0) is 10.4. The van der Waals surface area contributed by atoms with Crippen molar-refractivity contribution < 1.29 is 0 Å². The van der Waals surface area contributed by atoms with Crippen LogP contribution in [0, 0.1) is 5.41 Å². The molecule has 0 heterocycles. The van der Waals surface area contributed by atoms with Crippen molar-refractivity contribution in [3.8, 4) is 0 Å². The minimum atomic E-state index is 0.490. The summed E-state index contributed by atoms with van der Waals surface area (Å²) in [6.07, 6.45) is 1.54. The molecule has 0 bridgehead atoms. The smallest absolute Gasteiger partial charge is 0.0969 e. The molecule has 1 rings (SSSR count). The molecule has 0 aliphatic rings. The predicted octanol–water partition coefficient (Wildman–Crippen LogP) is 4.38. The van der Waals surface area contributed by atoms with Gasteiger partial charge in [-0.15, -0.1) is 0 Å². The van der Waals surface area contributed by atoms with Crippen LogP contribution in [-0.4, -0.2) is 5.04 Å². The number of hydrogen-bond donors (Lipinski definition) is 1. The van der Waals surface area contributed by atoms with E-state index < -0.39 is 0 Å². The summed E-state index contributed by atoms with van der Waals surface area (Å²) >= 11 is 5.76. The molecule has 0 amide bonds. The van der Waals surface area contributed by atoms with Crippen molar-refractivity contribution in [1.82, 2.24) is 0 Å². The number of hydrogen-bond acceptors (Lipinski definition) is 3. The Hall–Kier alpha value is -0.380. The third-order valence-corrected chi connectivity index (χ3v) is 3.89. The third kappa shape index (κ3) is 4.22. The van der Waals surface area contributed by atoms with Gasteiger partial charge in [0.2, 0.25) is 0 Å². The first kappa shape index (κ1) is 11.7. The van der Waals surface area contributed by atoms with E-state index in [9.17, 15) is 0 Å². The summed E-state index contributed by atoms with van der Waals surface area (Å²) in [4.78, 5) is 0. The molecule has 0 fully saturated rings. The quantitative estimate of drug-likeness (QED) is 0.482. The van der Waals surface area contributed by atoms with Crippen LogP contribution in [-0.2, 0) is 5.75 Å². The Morgan fingerprint density at radius 2 is 2.07 bits per heavy atom. The Kier molecular flexibility index (Phi) is 5.15. The van der Waals surface area contributed by atoms with Crippen molar-refractivity contribution >= 4 is 38.2 Å². The van der Waals surface area contributed by atoms with E-state index in [1.54, 1.807) is 16.9 Å². The Bertz CT molecular complexity index is 321. The van der Waals surface area contributed by atoms with Gasteiger partial charge in [0.25, 0.3) is 0 Å². The average molecular weight is 244 g/mol. The van der Waals surface area contributed by atoms with E-state index in [2.05, 4.69) is 6.58 Å². The van der Waals surface area contributed by atoms with Crippen molar-refractivity contribution in [1.29, 1.82) is 5.41 Å². The lowest BCUT2D eigenvalue weighted by molar-refractivity contribution is 1.43. The van der Waals surface area contributed by atoms with Crippen LogP contribution in [0.5, 0.6) is 0 Å². The molecule has 1 N–H and O–H groups in total. The minimum absolute atomic E-state index is 0.490. The van der Waals surface area contributed by atoms with Gasteiger partial charge in [0.05, 0.1) is 5.04 Å². The molecule has 74 valence electrons. The summed E-state index contributed by atoms with van der Waals surface area (Å²) in [6, 6.07) is 7.74. The highest BCUT2D eigenvalue weighted by Gasteiger charge is 1.96. The minimum Gasteiger partial charge on any atom is -0.293 e. The van der Waals surface area contributed by atoms with Gasteiger partial charge in [0.1, 0.15) is 0 Å². The molecule has 0 aromatic heterocycles. The zero-order valence-corrected chi connectivity index (χ0v) is 9.88. The van der Waals surface area contributed by atoms with Crippen molar-refractivity contribution in [2.75, 3.05) is 0 Å². The molecular weight excluding hydrogens is 234 g/mol. The molecule has 14 heavy (non-hydrogen) atoms. The van der Waals surface area contributed by atoms with E-state index in [0.717, 1.165) is 10.8 Å². The topological polar surface area (TPSA) is 23.9 Å². The molecule has 0 saturated carbocycles. The van der Waals surface area contributed by atoms with E-state index in [4.69, 9.17) is 17.0 Å². The lowest BCUT2D eigenvalue weighted by Gasteiger charge is -2.00. The Morgan fingerprint density at radius 1 is 1.43 bits per heavy atom. The summed E-state index contributed by atoms with van der Waals surface area (Å²) in [5.41, 5.74) is 1.21. The fourth-order valence-corrected chi connectivity index (χ4v) is 2.65. The summed E-state index contributed by atoms with van der Waals surface area (Å²) in [5, 5.41) is 8.58. The molecule has 0 spiro atoms. The van der Waals surface area contributed by atoms with E-state index in [1.165, 1.54) is 16.4 Å². The van der Waals surface area contributed by atoms with Crippen LogP contribution in [0.2, 0.25) is 5.02 Å². The fraction of sp³-hybridized carbons (Fsp3) is 0.100. The van der Waals surface area contributed by atoms with E-state index >= 15 is 0 Å². The standard InChI is InChI=1S/C10H10ClNS2/c1-2-10(12)14-13-7-8-3-5-9(11)6-4-8/h2-6,12H,1,7H2. The van der Waals surface area contributed by atoms with Crippen molar-refractivity contribution in [2.45, 2.75) is 5.75 Å². The summed E-state index contributed by atoms with van der Waals surface area (Å²) in [6.45, 7) is 3.52. The number of halogens is 1. The molecule has 0 atom stereocenters. The van der Waals surface area contributed by atoms with Crippen LogP contribution < -0.4 is 0 Å². The van der Waals surface area contributed by atoms with Crippen LogP contribution in [0.15, 0.2) is 36.9 Å². The van der Waals surface area contributed by atoms with E-state index in [1.807, 2.05) is 24.3 Å². The summed E-state index contributed by atoms with van der Waals surface area (Å²) in [5.74, 6) is 0.873. The number of benzene rings is 1. The normalized spacial score (nSPS) is 9.79. The van der Waals surface area contributed by atoms with Crippen molar-refractivity contribution in [3.63, 3.8) is 0 Å². The molecule has 0 unspecified atom stereocenters. The first-order chi connectivity index (χ1) is 6.72. The monoisotopic (exact) mass is 243 g/mol. The third-order valence-electron chi connectivity index (χ3n) is 1.47. The predicted molar refractivity (Wildman–Crippen MR) is 68.3 cm³/mol. The molecule has 1 aromatic rings. The maximum absolute atomic E-state index is 7.34. The molecule has 0 aliphatic heterocycles. The maximum Gasteiger partial charge on any atom is 0.0969 e. The highest BCUT2D eigenvalue weighted by atomic mass is 35.5. The van der Waals surface area contributed by atoms with Gasteiger partial charge >= 0.3 is 0 Å². The number of rotatable bonds is 4. The second kappa shape index (κ2) is 6.17. The highest BCUT2D eigenvalue weighted by molar-refractivity contribution is 8.82. The molecule has 1 nitrogen and oxygen atoms in total. The van der Waals surface area contributed by atoms with Gasteiger partial charge in [0, 0.05) is 10.8 Å². The van der Waals surface area contributed by atoms with Gasteiger partial charge in [-0.3, -0.25) is 5.41 Å². The summed E-state index contributed by atoms with van der Waals surface area (Å²) in [7, 11) is 3.05. The molecular formula is C10H10ClNS2. The lowest BCUT2D eigenvalue weighted by atomic mass is 10.2. The maximum atomic E-state index is 7.34. The average Bonchev–Trinajstić information content (AvgIpc) is 2.21. The molecule has 0 radical (unpaired) electrons. The highest BCUT2D eigenvalue weighted by Crippen LogP contribution is 2.27. The first-order valence-corrected chi connectivity index (χ1v) is 6.67. The Labute approximate surface area is 96.8 Å².